The van der Waals surface area contributed by atoms with Crippen LogP contribution in [0.25, 0.3) is 0 Å². The van der Waals surface area contributed by atoms with Gasteiger partial charge < -0.3 is 14.8 Å². The summed E-state index contributed by atoms with van der Waals surface area (Å²) >= 11 is 0. The van der Waals surface area contributed by atoms with Crippen molar-refractivity contribution in [2.24, 2.45) is 0 Å². The molecule has 0 amide bonds. The molecule has 0 heterocycles. The van der Waals surface area contributed by atoms with Crippen molar-refractivity contribution in [3.63, 3.8) is 0 Å². The van der Waals surface area contributed by atoms with Crippen LogP contribution >= 0.6 is 12.4 Å². The first-order chi connectivity index (χ1) is 14.2. The van der Waals surface area contributed by atoms with E-state index < -0.39 is 0 Å². The minimum absolute atomic E-state index is 0. The third-order valence-electron chi connectivity index (χ3n) is 4.48. The third kappa shape index (κ3) is 7.42. The van der Waals surface area contributed by atoms with Crippen molar-refractivity contribution in [2.75, 3.05) is 6.54 Å². The zero-order valence-corrected chi connectivity index (χ0v) is 19.5. The van der Waals surface area contributed by atoms with E-state index in [2.05, 4.69) is 5.32 Å². The zero-order chi connectivity index (χ0) is 21.7. The molecule has 3 rings (SSSR count). The summed E-state index contributed by atoms with van der Waals surface area (Å²) in [6.07, 6.45) is 0. The van der Waals surface area contributed by atoms with Crippen LogP contribution in [-0.4, -0.2) is 17.9 Å². The van der Waals surface area contributed by atoms with Gasteiger partial charge in [-0.3, -0.25) is 4.79 Å². The van der Waals surface area contributed by atoms with Gasteiger partial charge in [0.2, 0.25) is 0 Å². The molecule has 0 spiro atoms. The van der Waals surface area contributed by atoms with Gasteiger partial charge in [0.25, 0.3) is 0 Å². The van der Waals surface area contributed by atoms with Crippen molar-refractivity contribution in [1.82, 2.24) is 5.32 Å². The quantitative estimate of drug-likeness (QED) is 0.407. The van der Waals surface area contributed by atoms with E-state index in [4.69, 9.17) is 9.47 Å². The zero-order valence-electron chi connectivity index (χ0n) is 18.7. The molecule has 0 unspecified atom stereocenters. The lowest BCUT2D eigenvalue weighted by Crippen LogP contribution is -2.39. The highest BCUT2D eigenvalue weighted by atomic mass is 35.5. The molecule has 3 aromatic rings. The summed E-state index contributed by atoms with van der Waals surface area (Å²) in [5.41, 5.74) is 2.64. The number of aryl methyl sites for hydroxylation is 2. The van der Waals surface area contributed by atoms with Crippen LogP contribution in [0.15, 0.2) is 66.7 Å². The van der Waals surface area contributed by atoms with Crippen LogP contribution in [0.3, 0.4) is 0 Å². The molecule has 0 fully saturated rings. The van der Waals surface area contributed by atoms with Gasteiger partial charge in [-0.1, -0.05) is 24.3 Å². The van der Waals surface area contributed by atoms with Crippen LogP contribution in [0, 0.1) is 13.8 Å². The van der Waals surface area contributed by atoms with Gasteiger partial charge in [-0.05, 0) is 88.2 Å². The molecule has 0 bridgehead atoms. The highest BCUT2D eigenvalue weighted by Crippen LogP contribution is 2.36. The standard InChI is InChI=1S/C26H29NO3.ClH/c1-18-8-6-10-21(14-18)29-24-13-12-20(23(28)17-27-26(3,4)5)16-25(24)30-22-11-7-9-19(2)15-22;/h6-16,27H,17H2,1-5H3;1H. The van der Waals surface area contributed by atoms with E-state index >= 15 is 0 Å². The van der Waals surface area contributed by atoms with E-state index in [9.17, 15) is 4.79 Å². The Balaban J connectivity index is 0.00000341. The predicted molar refractivity (Wildman–Crippen MR) is 128 cm³/mol. The molecule has 4 nitrogen and oxygen atoms in total. The van der Waals surface area contributed by atoms with Gasteiger partial charge in [0.15, 0.2) is 17.3 Å². The van der Waals surface area contributed by atoms with Crippen molar-refractivity contribution in [1.29, 1.82) is 0 Å². The van der Waals surface area contributed by atoms with Crippen LogP contribution in [0.4, 0.5) is 0 Å². The second-order valence-electron chi connectivity index (χ2n) is 8.53. The Bertz CT molecular complexity index is 1040. The second-order valence-corrected chi connectivity index (χ2v) is 8.53. The van der Waals surface area contributed by atoms with Crippen LogP contribution in [-0.2, 0) is 0 Å². The maximum atomic E-state index is 12.7. The lowest BCUT2D eigenvalue weighted by molar-refractivity contribution is 0.0981. The SMILES string of the molecule is Cc1cccc(Oc2ccc(C(=O)CNC(C)(C)C)cc2Oc2cccc(C)c2)c1.Cl. The molecule has 3 aromatic carbocycles. The Morgan fingerprint density at radius 3 is 1.87 bits per heavy atom. The molecule has 0 saturated heterocycles. The summed E-state index contributed by atoms with van der Waals surface area (Å²) in [7, 11) is 0. The van der Waals surface area contributed by atoms with Gasteiger partial charge in [0.05, 0.1) is 6.54 Å². The Morgan fingerprint density at radius 2 is 1.35 bits per heavy atom. The molecule has 0 saturated carbocycles. The summed E-state index contributed by atoms with van der Waals surface area (Å²) in [6, 6.07) is 20.9. The Kier molecular flexibility index (Phi) is 8.26. The Morgan fingerprint density at radius 1 is 0.806 bits per heavy atom. The fourth-order valence-electron chi connectivity index (χ4n) is 2.90. The minimum Gasteiger partial charge on any atom is -0.453 e. The highest BCUT2D eigenvalue weighted by Gasteiger charge is 2.16. The molecule has 0 aliphatic carbocycles. The molecule has 0 aliphatic rings. The van der Waals surface area contributed by atoms with E-state index in [0.29, 0.717) is 22.8 Å². The van der Waals surface area contributed by atoms with Crippen LogP contribution < -0.4 is 14.8 Å². The second kappa shape index (κ2) is 10.5. The minimum atomic E-state index is -0.134. The predicted octanol–water partition coefficient (Wildman–Crippen LogP) is 6.88. The molecule has 0 radical (unpaired) electrons. The lowest BCUT2D eigenvalue weighted by atomic mass is 10.1. The largest absolute Gasteiger partial charge is 0.453 e. The number of carbonyl (C=O) groups is 1. The topological polar surface area (TPSA) is 47.6 Å². The first kappa shape index (κ1) is 24.4. The number of carbonyl (C=O) groups excluding carboxylic acids is 1. The number of Topliss-reactive ketones (excluding diaryl/α,β-unsaturated/α-hetero) is 1. The molecular weight excluding hydrogens is 410 g/mol. The summed E-state index contributed by atoms with van der Waals surface area (Å²) in [6.45, 7) is 10.4. The van der Waals surface area contributed by atoms with E-state index in [1.54, 1.807) is 18.2 Å². The number of benzene rings is 3. The van der Waals surface area contributed by atoms with Gasteiger partial charge in [-0.15, -0.1) is 12.4 Å². The molecule has 164 valence electrons. The molecule has 5 heteroatoms. The monoisotopic (exact) mass is 439 g/mol. The molecule has 0 aliphatic heterocycles. The van der Waals surface area contributed by atoms with Crippen LogP contribution in [0.1, 0.15) is 42.3 Å². The molecule has 0 atom stereocenters. The number of halogens is 1. The maximum Gasteiger partial charge on any atom is 0.176 e. The van der Waals surface area contributed by atoms with Crippen molar-refractivity contribution in [2.45, 2.75) is 40.2 Å². The van der Waals surface area contributed by atoms with Gasteiger partial charge in [0.1, 0.15) is 11.5 Å². The fourth-order valence-corrected chi connectivity index (χ4v) is 2.90. The summed E-state index contributed by atoms with van der Waals surface area (Å²) in [5.74, 6) is 2.48. The first-order valence-electron chi connectivity index (χ1n) is 10.1. The number of ether oxygens (including phenoxy) is 2. The van der Waals surface area contributed by atoms with E-state index in [0.717, 1.165) is 16.9 Å². The molecule has 0 aromatic heterocycles. The number of hydrogen-bond donors (Lipinski definition) is 1. The number of hydrogen-bond acceptors (Lipinski definition) is 4. The van der Waals surface area contributed by atoms with Crippen molar-refractivity contribution in [3.8, 4) is 23.0 Å². The van der Waals surface area contributed by atoms with E-state index in [1.165, 1.54) is 0 Å². The first-order valence-corrected chi connectivity index (χ1v) is 10.1. The fraction of sp³-hybridized carbons (Fsp3) is 0.269. The van der Waals surface area contributed by atoms with Crippen molar-refractivity contribution >= 4 is 18.2 Å². The average molecular weight is 440 g/mol. The van der Waals surface area contributed by atoms with E-state index in [-0.39, 0.29) is 30.3 Å². The molecule has 31 heavy (non-hydrogen) atoms. The van der Waals surface area contributed by atoms with Gasteiger partial charge in [-0.25, -0.2) is 0 Å². The molecule has 1 N–H and O–H groups in total. The molecular formula is C26H30ClNO3. The number of nitrogens with one attached hydrogen (secondary N) is 1. The Hall–Kier alpha value is -2.82. The van der Waals surface area contributed by atoms with Gasteiger partial charge >= 0.3 is 0 Å². The van der Waals surface area contributed by atoms with Crippen LogP contribution in [0.5, 0.6) is 23.0 Å². The van der Waals surface area contributed by atoms with Gasteiger partial charge in [0, 0.05) is 11.1 Å². The Labute approximate surface area is 191 Å². The number of rotatable bonds is 7. The van der Waals surface area contributed by atoms with Gasteiger partial charge in [-0.2, -0.15) is 0 Å². The summed E-state index contributed by atoms with van der Waals surface area (Å²) in [5, 5.41) is 3.24. The number of ketones is 1. The third-order valence-corrected chi connectivity index (χ3v) is 4.48. The van der Waals surface area contributed by atoms with Crippen molar-refractivity contribution < 1.29 is 14.3 Å². The van der Waals surface area contributed by atoms with E-state index in [1.807, 2.05) is 83.1 Å². The smallest absolute Gasteiger partial charge is 0.176 e. The lowest BCUT2D eigenvalue weighted by Gasteiger charge is -2.20. The highest BCUT2D eigenvalue weighted by molar-refractivity contribution is 5.98. The maximum absolute atomic E-state index is 12.7. The van der Waals surface area contributed by atoms with Crippen LogP contribution in [0.2, 0.25) is 0 Å². The average Bonchev–Trinajstić information content (AvgIpc) is 2.67. The summed E-state index contributed by atoms with van der Waals surface area (Å²) in [4.78, 5) is 12.7. The van der Waals surface area contributed by atoms with Crippen molar-refractivity contribution in [3.05, 3.63) is 83.4 Å². The normalized spacial score (nSPS) is 10.9. The summed E-state index contributed by atoms with van der Waals surface area (Å²) < 4.78 is 12.2.